The van der Waals surface area contributed by atoms with Crippen molar-refractivity contribution in [2.75, 3.05) is 6.61 Å². The van der Waals surface area contributed by atoms with Crippen LogP contribution < -0.4 is 4.74 Å². The van der Waals surface area contributed by atoms with Gasteiger partial charge in [-0.15, -0.1) is 0 Å². The first-order valence-corrected chi connectivity index (χ1v) is 7.55. The van der Waals surface area contributed by atoms with E-state index in [1.54, 1.807) is 30.3 Å². The molecule has 2 aromatic carbocycles. The van der Waals surface area contributed by atoms with Crippen LogP contribution in [0.4, 0.5) is 0 Å². The van der Waals surface area contributed by atoms with Crippen LogP contribution >= 0.6 is 11.6 Å². The minimum atomic E-state index is -0.478. The van der Waals surface area contributed by atoms with Gasteiger partial charge in [0.25, 0.3) is 0 Å². The quantitative estimate of drug-likeness (QED) is 0.628. The summed E-state index contributed by atoms with van der Waals surface area (Å²) in [6.45, 7) is 2.52. The number of nitrogens with zero attached hydrogens (tertiary/aromatic N) is 1. The Morgan fingerprint density at radius 2 is 2.00 bits per heavy atom. The highest BCUT2D eigenvalue weighted by atomic mass is 35.5. The molecule has 1 heterocycles. The summed E-state index contributed by atoms with van der Waals surface area (Å²) in [7, 11) is 0. The van der Waals surface area contributed by atoms with Gasteiger partial charge >= 0.3 is 5.97 Å². The van der Waals surface area contributed by atoms with E-state index in [4.69, 9.17) is 21.1 Å². The number of hydrogen-bond acceptors (Lipinski definition) is 4. The van der Waals surface area contributed by atoms with Gasteiger partial charge in [0.1, 0.15) is 5.75 Å². The van der Waals surface area contributed by atoms with E-state index in [1.165, 1.54) is 0 Å². The molecule has 0 bridgehead atoms. The fraction of sp³-hybridized carbons (Fsp3) is 0.111. The summed E-state index contributed by atoms with van der Waals surface area (Å²) >= 11 is 5.94. The Labute approximate surface area is 139 Å². The molecule has 0 amide bonds. The van der Waals surface area contributed by atoms with Crippen LogP contribution in [0, 0.1) is 0 Å². The third-order valence-electron chi connectivity index (χ3n) is 3.18. The van der Waals surface area contributed by atoms with E-state index in [1.807, 2.05) is 31.2 Å². The van der Waals surface area contributed by atoms with Gasteiger partial charge in [-0.25, -0.2) is 9.79 Å². The molecule has 0 spiro atoms. The lowest BCUT2D eigenvalue weighted by Gasteiger charge is -2.03. The van der Waals surface area contributed by atoms with E-state index >= 15 is 0 Å². The first kappa shape index (κ1) is 15.3. The molecule has 5 heteroatoms. The Hall–Kier alpha value is -2.59. The summed E-state index contributed by atoms with van der Waals surface area (Å²) < 4.78 is 10.6. The number of aliphatic imine (C=N–C) groups is 1. The number of ether oxygens (including phenoxy) is 2. The lowest BCUT2D eigenvalue weighted by molar-refractivity contribution is -0.129. The van der Waals surface area contributed by atoms with E-state index in [0.717, 1.165) is 16.9 Å². The minimum Gasteiger partial charge on any atom is -0.494 e. The molecule has 116 valence electrons. The molecule has 0 radical (unpaired) electrons. The lowest BCUT2D eigenvalue weighted by atomic mass is 10.2. The molecule has 23 heavy (non-hydrogen) atoms. The largest absolute Gasteiger partial charge is 0.494 e. The van der Waals surface area contributed by atoms with Crippen LogP contribution in [-0.4, -0.2) is 18.5 Å². The average molecular weight is 328 g/mol. The number of halogens is 1. The number of esters is 1. The molecule has 1 aliphatic rings. The molecule has 2 aromatic rings. The summed E-state index contributed by atoms with van der Waals surface area (Å²) in [6, 6.07) is 14.4. The fourth-order valence-electron chi connectivity index (χ4n) is 2.15. The third kappa shape index (κ3) is 3.60. The van der Waals surface area contributed by atoms with Crippen molar-refractivity contribution in [3.63, 3.8) is 0 Å². The number of carbonyl (C=O) groups is 1. The molecule has 0 N–H and O–H groups in total. The van der Waals surface area contributed by atoms with Crippen LogP contribution in [0.2, 0.25) is 5.02 Å². The summed E-state index contributed by atoms with van der Waals surface area (Å²) in [5, 5.41) is 0.599. The molecule has 0 unspecified atom stereocenters. The molecule has 3 rings (SSSR count). The zero-order valence-corrected chi connectivity index (χ0v) is 13.2. The highest BCUT2D eigenvalue weighted by Crippen LogP contribution is 2.21. The van der Waals surface area contributed by atoms with Crippen LogP contribution in [0.15, 0.2) is 59.2 Å². The zero-order chi connectivity index (χ0) is 16.2. The van der Waals surface area contributed by atoms with Crippen molar-refractivity contribution in [2.45, 2.75) is 6.92 Å². The van der Waals surface area contributed by atoms with Gasteiger partial charge < -0.3 is 9.47 Å². The smallest absolute Gasteiger partial charge is 0.363 e. The number of benzene rings is 2. The number of hydrogen-bond donors (Lipinski definition) is 0. The minimum absolute atomic E-state index is 0.246. The second-order valence-corrected chi connectivity index (χ2v) is 5.28. The van der Waals surface area contributed by atoms with Crippen molar-refractivity contribution in [1.29, 1.82) is 0 Å². The van der Waals surface area contributed by atoms with Crippen molar-refractivity contribution < 1.29 is 14.3 Å². The maximum atomic E-state index is 12.0. The Morgan fingerprint density at radius 1 is 1.22 bits per heavy atom. The molecule has 1 aliphatic heterocycles. The van der Waals surface area contributed by atoms with Crippen molar-refractivity contribution >= 4 is 29.5 Å². The van der Waals surface area contributed by atoms with Crippen LogP contribution in [0.1, 0.15) is 18.1 Å². The summed E-state index contributed by atoms with van der Waals surface area (Å²) in [6.07, 6.45) is 1.65. The van der Waals surface area contributed by atoms with Gasteiger partial charge in [-0.1, -0.05) is 23.7 Å². The summed E-state index contributed by atoms with van der Waals surface area (Å²) in [5.74, 6) is 0.566. The zero-order valence-electron chi connectivity index (χ0n) is 12.5. The topological polar surface area (TPSA) is 47.9 Å². The molecule has 0 fully saturated rings. The SMILES string of the molecule is CCOc1ccc(C2=N/C(=C\c3cccc(Cl)c3)C(=O)O2)cc1. The molecule has 4 nitrogen and oxygen atoms in total. The molecule has 0 saturated carbocycles. The van der Waals surface area contributed by atoms with Crippen LogP contribution in [0.3, 0.4) is 0 Å². The van der Waals surface area contributed by atoms with Gasteiger partial charge in [-0.3, -0.25) is 0 Å². The van der Waals surface area contributed by atoms with Crippen LogP contribution in [0.5, 0.6) is 5.75 Å². The number of cyclic esters (lactones) is 1. The standard InChI is InChI=1S/C18H14ClNO3/c1-2-22-15-8-6-13(7-9-15)17-20-16(18(21)23-17)11-12-4-3-5-14(19)10-12/h3-11H,2H2,1H3/b16-11-. The maximum absolute atomic E-state index is 12.0. The predicted octanol–water partition coefficient (Wildman–Crippen LogP) is 4.08. The van der Waals surface area contributed by atoms with E-state index in [2.05, 4.69) is 4.99 Å². The Kier molecular flexibility index (Phi) is 4.44. The first-order chi connectivity index (χ1) is 11.2. The molecule has 0 atom stereocenters. The molecule has 0 aliphatic carbocycles. The second kappa shape index (κ2) is 6.67. The van der Waals surface area contributed by atoms with E-state index in [-0.39, 0.29) is 11.6 Å². The second-order valence-electron chi connectivity index (χ2n) is 4.85. The molecular weight excluding hydrogens is 314 g/mol. The van der Waals surface area contributed by atoms with Crippen molar-refractivity contribution in [3.8, 4) is 5.75 Å². The monoisotopic (exact) mass is 327 g/mol. The summed E-state index contributed by atoms with van der Waals surface area (Å²) in [4.78, 5) is 16.2. The van der Waals surface area contributed by atoms with Gasteiger partial charge in [0.05, 0.1) is 6.61 Å². The van der Waals surface area contributed by atoms with Crippen molar-refractivity contribution in [3.05, 3.63) is 70.4 Å². The highest BCUT2D eigenvalue weighted by molar-refractivity contribution is 6.30. The Bertz CT molecular complexity index is 794. The average Bonchev–Trinajstić information content (AvgIpc) is 2.89. The van der Waals surface area contributed by atoms with E-state index in [0.29, 0.717) is 11.6 Å². The van der Waals surface area contributed by atoms with Gasteiger partial charge in [0.2, 0.25) is 5.90 Å². The Balaban J connectivity index is 1.86. The normalized spacial score (nSPS) is 15.5. The predicted molar refractivity (Wildman–Crippen MR) is 89.7 cm³/mol. The first-order valence-electron chi connectivity index (χ1n) is 7.17. The summed E-state index contributed by atoms with van der Waals surface area (Å²) in [5.41, 5.74) is 1.76. The van der Waals surface area contributed by atoms with Gasteiger partial charge in [-0.05, 0) is 55.0 Å². The van der Waals surface area contributed by atoms with Gasteiger partial charge in [-0.2, -0.15) is 0 Å². The van der Waals surface area contributed by atoms with E-state index in [9.17, 15) is 4.79 Å². The van der Waals surface area contributed by atoms with Gasteiger partial charge in [0.15, 0.2) is 5.70 Å². The van der Waals surface area contributed by atoms with Crippen LogP contribution in [0.25, 0.3) is 6.08 Å². The Morgan fingerprint density at radius 3 is 2.70 bits per heavy atom. The van der Waals surface area contributed by atoms with Gasteiger partial charge in [0, 0.05) is 10.6 Å². The van der Waals surface area contributed by atoms with Crippen LogP contribution in [-0.2, 0) is 9.53 Å². The fourth-order valence-corrected chi connectivity index (χ4v) is 2.35. The number of carbonyl (C=O) groups excluding carboxylic acids is 1. The molecule has 0 aromatic heterocycles. The lowest BCUT2D eigenvalue weighted by Crippen LogP contribution is -2.05. The third-order valence-corrected chi connectivity index (χ3v) is 3.42. The molecule has 0 saturated heterocycles. The maximum Gasteiger partial charge on any atom is 0.363 e. The van der Waals surface area contributed by atoms with E-state index < -0.39 is 5.97 Å². The number of rotatable bonds is 4. The highest BCUT2D eigenvalue weighted by Gasteiger charge is 2.24. The van der Waals surface area contributed by atoms with Crippen molar-refractivity contribution in [2.24, 2.45) is 4.99 Å². The molecular formula is C18H14ClNO3. The van der Waals surface area contributed by atoms with Crippen molar-refractivity contribution in [1.82, 2.24) is 0 Å².